The molecule has 0 spiro atoms. The molecule has 2 rings (SSSR count). The number of imide groups is 1. The molecule has 2 amide bonds. The topological polar surface area (TPSA) is 140 Å². The second-order valence-corrected chi connectivity index (χ2v) is 9.10. The molecule has 0 aromatic carbocycles. The molecule has 1 fully saturated rings. The molecular formula is C19H27F2N3O8. The highest BCUT2D eigenvalue weighted by atomic mass is 19.3. The van der Waals surface area contributed by atoms with Crippen molar-refractivity contribution < 1.29 is 42.8 Å². The van der Waals surface area contributed by atoms with Crippen LogP contribution in [0, 0.1) is 0 Å². The minimum Gasteiger partial charge on any atom is -0.443 e. The fourth-order valence-electron chi connectivity index (χ4n) is 2.70. The molecule has 11 nitrogen and oxygen atoms in total. The van der Waals surface area contributed by atoms with Gasteiger partial charge in [0.15, 0.2) is 11.9 Å². The lowest BCUT2D eigenvalue weighted by molar-refractivity contribution is -0.140. The zero-order valence-corrected chi connectivity index (χ0v) is 18.5. The van der Waals surface area contributed by atoms with E-state index in [2.05, 4.69) is 4.98 Å². The molecule has 32 heavy (non-hydrogen) atoms. The van der Waals surface area contributed by atoms with Gasteiger partial charge in [0.1, 0.15) is 17.3 Å². The highest BCUT2D eigenvalue weighted by Gasteiger charge is 2.59. The molecule has 0 radical (unpaired) electrons. The maximum absolute atomic E-state index is 14.4. The summed E-state index contributed by atoms with van der Waals surface area (Å²) in [6.07, 6.45) is -7.83. The van der Waals surface area contributed by atoms with Crippen molar-refractivity contribution >= 4 is 18.0 Å². The number of halogens is 2. The first kappa shape index (κ1) is 25.6. The summed E-state index contributed by atoms with van der Waals surface area (Å²) >= 11 is 0. The molecule has 0 saturated carbocycles. The number of hydrogen-bond acceptors (Lipinski definition) is 9. The van der Waals surface area contributed by atoms with E-state index in [0.29, 0.717) is 9.47 Å². The van der Waals surface area contributed by atoms with Crippen LogP contribution in [0.15, 0.2) is 17.1 Å². The van der Waals surface area contributed by atoms with Crippen LogP contribution in [0.5, 0.6) is 0 Å². The number of carbonyl (C=O) groups is 2. The number of amides is 2. The molecule has 1 aromatic heterocycles. The van der Waals surface area contributed by atoms with Crippen LogP contribution in [0.3, 0.4) is 0 Å². The smallest absolute Gasteiger partial charge is 0.425 e. The van der Waals surface area contributed by atoms with E-state index >= 15 is 0 Å². The third-order valence-corrected chi connectivity index (χ3v) is 4.01. The fourth-order valence-corrected chi connectivity index (χ4v) is 2.70. The number of alkyl halides is 2. The normalized spacial score (nSPS) is 23.0. The molecule has 180 valence electrons. The van der Waals surface area contributed by atoms with Crippen LogP contribution >= 0.6 is 0 Å². The number of anilines is 1. The first-order valence-corrected chi connectivity index (χ1v) is 9.65. The monoisotopic (exact) mass is 463 g/mol. The number of aromatic nitrogens is 2. The highest BCUT2D eigenvalue weighted by Crippen LogP contribution is 2.42. The highest BCUT2D eigenvalue weighted by molar-refractivity contribution is 6.08. The van der Waals surface area contributed by atoms with E-state index in [0.717, 1.165) is 12.3 Å². The van der Waals surface area contributed by atoms with Crippen molar-refractivity contribution in [3.05, 3.63) is 22.7 Å². The van der Waals surface area contributed by atoms with Crippen molar-refractivity contribution in [2.75, 3.05) is 11.5 Å². The number of ether oxygens (including phenoxy) is 3. The molecule has 1 aliphatic heterocycles. The Balaban J connectivity index is 2.46. The maximum Gasteiger partial charge on any atom is 0.425 e. The molecule has 0 bridgehead atoms. The Bertz CT molecular complexity index is 894. The molecule has 13 heteroatoms. The number of aliphatic hydroxyl groups excluding tert-OH is 2. The third-order valence-electron chi connectivity index (χ3n) is 4.01. The van der Waals surface area contributed by atoms with Crippen molar-refractivity contribution in [1.29, 1.82) is 0 Å². The average molecular weight is 463 g/mol. The van der Waals surface area contributed by atoms with Gasteiger partial charge in [-0.15, -0.1) is 0 Å². The summed E-state index contributed by atoms with van der Waals surface area (Å²) in [5, 5.41) is 18.7. The van der Waals surface area contributed by atoms with E-state index in [9.17, 15) is 28.3 Å². The largest absolute Gasteiger partial charge is 0.443 e. The second kappa shape index (κ2) is 8.71. The maximum atomic E-state index is 14.4. The Morgan fingerprint density at radius 1 is 1.19 bits per heavy atom. The van der Waals surface area contributed by atoms with Gasteiger partial charge in [0.25, 0.3) is 0 Å². The summed E-state index contributed by atoms with van der Waals surface area (Å²) < 4.78 is 44.3. The number of hydrogen-bond donors (Lipinski definition) is 2. The zero-order chi connectivity index (χ0) is 24.6. The minimum absolute atomic E-state index is 0.362. The lowest BCUT2D eigenvalue weighted by Crippen LogP contribution is -2.46. The summed E-state index contributed by atoms with van der Waals surface area (Å²) in [6, 6.07) is 0.938. The van der Waals surface area contributed by atoms with Crippen molar-refractivity contribution in [2.45, 2.75) is 77.1 Å². The minimum atomic E-state index is -3.92. The van der Waals surface area contributed by atoms with Crippen LogP contribution in [0.1, 0.15) is 47.8 Å². The average Bonchev–Trinajstić information content (AvgIpc) is 2.82. The van der Waals surface area contributed by atoms with E-state index in [1.165, 1.54) is 0 Å². The van der Waals surface area contributed by atoms with Crippen LogP contribution in [0.25, 0.3) is 0 Å². The second-order valence-electron chi connectivity index (χ2n) is 9.10. The van der Waals surface area contributed by atoms with E-state index in [4.69, 9.17) is 19.3 Å². The summed E-state index contributed by atoms with van der Waals surface area (Å²) in [6.45, 7) is 8.38. The predicted octanol–water partition coefficient (Wildman–Crippen LogP) is 1.81. The van der Waals surface area contributed by atoms with Crippen molar-refractivity contribution in [2.24, 2.45) is 0 Å². The lowest BCUT2D eigenvalue weighted by atomic mass is 10.1. The van der Waals surface area contributed by atoms with Gasteiger partial charge in [-0.3, -0.25) is 4.57 Å². The molecule has 1 aromatic rings. The van der Waals surface area contributed by atoms with Gasteiger partial charge < -0.3 is 24.4 Å². The van der Waals surface area contributed by atoms with Gasteiger partial charge in [-0.05, 0) is 47.6 Å². The lowest BCUT2D eigenvalue weighted by Gasteiger charge is -2.28. The SMILES string of the molecule is CC(C)(C)OC(=O)N(C(=O)OC(C)(C)C)c1ccn(C2OC(CO)[C@@H](O)C2(F)F)c(=O)n1. The number of rotatable bonds is 3. The molecular weight excluding hydrogens is 436 g/mol. The van der Waals surface area contributed by atoms with Gasteiger partial charge in [-0.1, -0.05) is 0 Å². The van der Waals surface area contributed by atoms with E-state index in [1.54, 1.807) is 41.5 Å². The molecule has 0 aliphatic carbocycles. The standard InChI is InChI=1S/C19H27F2N3O8/c1-17(2,3)31-15(28)24(16(29)32-18(4,5)6)11-7-8-23(14(27)22-11)13-19(20,21)12(26)10(9-25)30-13/h7-8,10,12-13,25-26H,9H2,1-6H3/t10?,12-,13?/m1/s1. The van der Waals surface area contributed by atoms with Gasteiger partial charge in [0, 0.05) is 6.20 Å². The zero-order valence-electron chi connectivity index (χ0n) is 18.5. The van der Waals surface area contributed by atoms with Gasteiger partial charge in [0.05, 0.1) is 6.61 Å². The van der Waals surface area contributed by atoms with Crippen LogP contribution in [0.4, 0.5) is 24.2 Å². The summed E-state index contributed by atoms with van der Waals surface area (Å²) in [5.74, 6) is -4.45. The van der Waals surface area contributed by atoms with Crippen LogP contribution in [0.2, 0.25) is 0 Å². The summed E-state index contributed by atoms with van der Waals surface area (Å²) in [4.78, 5) is 41.6. The van der Waals surface area contributed by atoms with Crippen LogP contribution in [-0.2, 0) is 14.2 Å². The van der Waals surface area contributed by atoms with Crippen molar-refractivity contribution in [3.8, 4) is 0 Å². The fraction of sp³-hybridized carbons (Fsp3) is 0.684. The van der Waals surface area contributed by atoms with Crippen LogP contribution < -0.4 is 10.6 Å². The Hall–Kier alpha value is -2.64. The Morgan fingerprint density at radius 3 is 2.06 bits per heavy atom. The van der Waals surface area contributed by atoms with E-state index < -0.39 is 65.9 Å². The first-order chi connectivity index (χ1) is 14.5. The number of aliphatic hydroxyl groups is 2. The molecule has 1 saturated heterocycles. The molecule has 2 unspecified atom stereocenters. The Labute approximate surface area is 182 Å². The Morgan fingerprint density at radius 2 is 1.69 bits per heavy atom. The number of nitrogens with zero attached hydrogens (tertiary/aromatic N) is 3. The molecule has 3 atom stereocenters. The van der Waals surface area contributed by atoms with Crippen molar-refractivity contribution in [1.82, 2.24) is 9.55 Å². The summed E-state index contributed by atoms with van der Waals surface area (Å²) in [5.41, 5.74) is -3.33. The first-order valence-electron chi connectivity index (χ1n) is 9.65. The Kier molecular flexibility index (Phi) is 6.98. The van der Waals surface area contributed by atoms with Crippen molar-refractivity contribution in [3.63, 3.8) is 0 Å². The molecule has 2 heterocycles. The van der Waals surface area contributed by atoms with Gasteiger partial charge in [-0.2, -0.15) is 18.7 Å². The van der Waals surface area contributed by atoms with Gasteiger partial charge in [0.2, 0.25) is 6.23 Å². The summed E-state index contributed by atoms with van der Waals surface area (Å²) in [7, 11) is 0. The third kappa shape index (κ3) is 5.58. The van der Waals surface area contributed by atoms with Gasteiger partial charge in [-0.25, -0.2) is 14.4 Å². The predicted molar refractivity (Wildman–Crippen MR) is 105 cm³/mol. The molecule has 1 aliphatic rings. The van der Waals surface area contributed by atoms with E-state index in [-0.39, 0.29) is 0 Å². The number of carbonyl (C=O) groups excluding carboxylic acids is 2. The molecule has 2 N–H and O–H groups in total. The van der Waals surface area contributed by atoms with Crippen LogP contribution in [-0.4, -0.2) is 67.9 Å². The quantitative estimate of drug-likeness (QED) is 0.686. The van der Waals surface area contributed by atoms with E-state index in [1.807, 2.05) is 0 Å². The van der Waals surface area contributed by atoms with Gasteiger partial charge >= 0.3 is 23.8 Å².